The molecule has 0 saturated heterocycles. The average Bonchev–Trinajstić information content (AvgIpc) is 2.98. The fraction of sp³-hybridized carbons (Fsp3) is 0.333. The van der Waals surface area contributed by atoms with Crippen molar-refractivity contribution in [3.63, 3.8) is 0 Å². The van der Waals surface area contributed by atoms with E-state index in [4.69, 9.17) is 0 Å². The van der Waals surface area contributed by atoms with Gasteiger partial charge in [0.05, 0.1) is 22.9 Å². The summed E-state index contributed by atoms with van der Waals surface area (Å²) in [5.74, 6) is 0.400. The highest BCUT2D eigenvalue weighted by Gasteiger charge is 2.20. The summed E-state index contributed by atoms with van der Waals surface area (Å²) in [6.07, 6.45) is 4.55. The van der Waals surface area contributed by atoms with Gasteiger partial charge in [0.25, 0.3) is 5.56 Å². The lowest BCUT2D eigenvalue weighted by molar-refractivity contribution is -0.116. The molecule has 1 aliphatic carbocycles. The van der Waals surface area contributed by atoms with E-state index in [2.05, 4.69) is 22.2 Å². The molecule has 3 aromatic rings. The highest BCUT2D eigenvalue weighted by atomic mass is 32.1. The van der Waals surface area contributed by atoms with Crippen LogP contribution >= 0.6 is 11.3 Å². The average molecular weight is 354 g/mol. The number of aryl methyl sites for hydroxylation is 1. The minimum Gasteiger partial charge on any atom is -0.300 e. The molecule has 1 N–H and O–H groups in total. The van der Waals surface area contributed by atoms with E-state index in [9.17, 15) is 9.59 Å². The predicted octanol–water partition coefficient (Wildman–Crippen LogP) is 2.62. The molecule has 1 aromatic carbocycles. The van der Waals surface area contributed by atoms with Crippen molar-refractivity contribution in [3.05, 3.63) is 51.5 Å². The molecule has 2 heterocycles. The van der Waals surface area contributed by atoms with E-state index in [0.717, 1.165) is 25.0 Å². The molecule has 0 spiro atoms. The molecule has 128 valence electrons. The highest BCUT2D eigenvalue weighted by Crippen LogP contribution is 2.32. The Morgan fingerprint density at radius 2 is 2.24 bits per heavy atom. The first-order valence-electron chi connectivity index (χ1n) is 8.33. The number of thiazole rings is 1. The lowest BCUT2D eigenvalue weighted by atomic mass is 9.93. The fourth-order valence-electron chi connectivity index (χ4n) is 3.13. The molecule has 2 aromatic heterocycles. The van der Waals surface area contributed by atoms with Crippen molar-refractivity contribution in [1.29, 1.82) is 0 Å². The van der Waals surface area contributed by atoms with Gasteiger partial charge < -0.3 is 5.32 Å². The van der Waals surface area contributed by atoms with Crippen molar-refractivity contribution >= 4 is 33.3 Å². The van der Waals surface area contributed by atoms with Gasteiger partial charge >= 0.3 is 0 Å². The third-order valence-electron chi connectivity index (χ3n) is 4.48. The van der Waals surface area contributed by atoms with E-state index in [1.54, 1.807) is 18.2 Å². The van der Waals surface area contributed by atoms with Gasteiger partial charge in [-0.1, -0.05) is 19.1 Å². The smallest absolute Gasteiger partial charge is 0.261 e. The molecule has 1 amide bonds. The van der Waals surface area contributed by atoms with Gasteiger partial charge in [-0.2, -0.15) is 0 Å². The summed E-state index contributed by atoms with van der Waals surface area (Å²) < 4.78 is 1.33. The van der Waals surface area contributed by atoms with E-state index >= 15 is 0 Å². The first-order valence-corrected chi connectivity index (χ1v) is 9.14. The zero-order valence-corrected chi connectivity index (χ0v) is 14.7. The molecule has 0 saturated carbocycles. The minimum atomic E-state index is -0.265. The van der Waals surface area contributed by atoms with Gasteiger partial charge in [-0.05, 0) is 37.3 Å². The molecular formula is C18H18N4O2S. The van der Waals surface area contributed by atoms with Crippen LogP contribution in [0.5, 0.6) is 0 Å². The molecule has 25 heavy (non-hydrogen) atoms. The van der Waals surface area contributed by atoms with E-state index < -0.39 is 0 Å². The quantitative estimate of drug-likeness (QED) is 0.784. The summed E-state index contributed by atoms with van der Waals surface area (Å²) in [5, 5.41) is 3.95. The number of para-hydroxylation sites is 1. The van der Waals surface area contributed by atoms with E-state index in [1.165, 1.54) is 27.1 Å². The topological polar surface area (TPSA) is 76.9 Å². The van der Waals surface area contributed by atoms with Gasteiger partial charge in [0.15, 0.2) is 5.13 Å². The standard InChI is InChI=1S/C18H18N4O2S/c1-11-6-7-14-15(8-11)25-18(20-14)21-16(23)9-22-10-19-13-5-3-2-4-12(13)17(22)24/h2-5,10-11H,6-9H2,1H3,(H,20,21,23). The Morgan fingerprint density at radius 3 is 3.12 bits per heavy atom. The second kappa shape index (κ2) is 6.40. The summed E-state index contributed by atoms with van der Waals surface area (Å²) >= 11 is 1.54. The van der Waals surface area contributed by atoms with Crippen LogP contribution in [0.2, 0.25) is 0 Å². The third kappa shape index (κ3) is 3.19. The monoisotopic (exact) mass is 354 g/mol. The Morgan fingerprint density at radius 1 is 1.40 bits per heavy atom. The van der Waals surface area contributed by atoms with E-state index in [-0.39, 0.29) is 18.0 Å². The van der Waals surface area contributed by atoms with Crippen molar-refractivity contribution in [2.45, 2.75) is 32.7 Å². The van der Waals surface area contributed by atoms with Crippen LogP contribution in [0.4, 0.5) is 5.13 Å². The van der Waals surface area contributed by atoms with Crippen LogP contribution < -0.4 is 10.9 Å². The largest absolute Gasteiger partial charge is 0.300 e. The van der Waals surface area contributed by atoms with E-state index in [1.807, 2.05) is 6.07 Å². The third-order valence-corrected chi connectivity index (χ3v) is 5.51. The maximum absolute atomic E-state index is 12.4. The zero-order valence-electron chi connectivity index (χ0n) is 13.9. The van der Waals surface area contributed by atoms with Crippen molar-refractivity contribution in [3.8, 4) is 0 Å². The first kappa shape index (κ1) is 16.0. The molecule has 0 bridgehead atoms. The molecule has 1 unspecified atom stereocenters. The number of amides is 1. The van der Waals surface area contributed by atoms with Crippen LogP contribution in [-0.4, -0.2) is 20.4 Å². The molecule has 1 aliphatic rings. The fourth-order valence-corrected chi connectivity index (χ4v) is 4.31. The number of fused-ring (bicyclic) bond motifs is 2. The maximum Gasteiger partial charge on any atom is 0.261 e. The zero-order chi connectivity index (χ0) is 17.4. The number of hydrogen-bond donors (Lipinski definition) is 1. The Balaban J connectivity index is 1.51. The summed E-state index contributed by atoms with van der Waals surface area (Å²) in [6, 6.07) is 7.12. The summed E-state index contributed by atoms with van der Waals surface area (Å²) in [5.41, 5.74) is 1.52. The number of benzene rings is 1. The molecule has 7 heteroatoms. The van der Waals surface area contributed by atoms with Gasteiger partial charge in [-0.25, -0.2) is 9.97 Å². The number of rotatable bonds is 3. The Bertz CT molecular complexity index is 1010. The van der Waals surface area contributed by atoms with Crippen LogP contribution in [0.15, 0.2) is 35.4 Å². The lowest BCUT2D eigenvalue weighted by Crippen LogP contribution is -2.27. The SMILES string of the molecule is CC1CCc2nc(NC(=O)Cn3cnc4ccccc4c3=O)sc2C1. The van der Waals surface area contributed by atoms with Crippen LogP contribution in [0.3, 0.4) is 0 Å². The lowest BCUT2D eigenvalue weighted by Gasteiger charge is -2.15. The first-order chi connectivity index (χ1) is 12.1. The van der Waals surface area contributed by atoms with Crippen LogP contribution in [0.1, 0.15) is 23.9 Å². The Labute approximate surface area is 148 Å². The molecule has 0 radical (unpaired) electrons. The maximum atomic E-state index is 12.4. The van der Waals surface area contributed by atoms with Gasteiger partial charge in [0.1, 0.15) is 6.54 Å². The van der Waals surface area contributed by atoms with Crippen LogP contribution in [0.25, 0.3) is 10.9 Å². The summed E-state index contributed by atoms with van der Waals surface area (Å²) in [4.78, 5) is 34.8. The second-order valence-electron chi connectivity index (χ2n) is 6.48. The number of hydrogen-bond acceptors (Lipinski definition) is 5. The molecule has 0 aliphatic heterocycles. The number of aromatic nitrogens is 3. The number of nitrogens with zero attached hydrogens (tertiary/aromatic N) is 3. The Kier molecular flexibility index (Phi) is 4.09. The Hall–Kier alpha value is -2.54. The second-order valence-corrected chi connectivity index (χ2v) is 7.56. The van der Waals surface area contributed by atoms with Gasteiger partial charge in [0.2, 0.25) is 5.91 Å². The molecule has 6 nitrogen and oxygen atoms in total. The summed E-state index contributed by atoms with van der Waals surface area (Å²) in [6.45, 7) is 2.16. The number of carbonyl (C=O) groups is 1. The molecule has 1 atom stereocenters. The molecular weight excluding hydrogens is 336 g/mol. The highest BCUT2D eigenvalue weighted by molar-refractivity contribution is 7.15. The van der Waals surface area contributed by atoms with Crippen molar-refractivity contribution in [2.24, 2.45) is 5.92 Å². The van der Waals surface area contributed by atoms with Gasteiger partial charge in [-0.15, -0.1) is 11.3 Å². The van der Waals surface area contributed by atoms with Gasteiger partial charge in [-0.3, -0.25) is 14.2 Å². The van der Waals surface area contributed by atoms with Crippen LogP contribution in [0, 0.1) is 5.92 Å². The predicted molar refractivity (Wildman–Crippen MR) is 97.9 cm³/mol. The van der Waals surface area contributed by atoms with E-state index in [0.29, 0.717) is 22.0 Å². The van der Waals surface area contributed by atoms with Crippen molar-refractivity contribution < 1.29 is 4.79 Å². The molecule has 0 fully saturated rings. The minimum absolute atomic E-state index is 0.0721. The number of anilines is 1. The summed E-state index contributed by atoms with van der Waals surface area (Å²) in [7, 11) is 0. The number of carbonyl (C=O) groups excluding carboxylic acids is 1. The van der Waals surface area contributed by atoms with Gasteiger partial charge in [0, 0.05) is 4.88 Å². The van der Waals surface area contributed by atoms with Crippen molar-refractivity contribution in [2.75, 3.05) is 5.32 Å². The van der Waals surface area contributed by atoms with Crippen molar-refractivity contribution in [1.82, 2.24) is 14.5 Å². The number of nitrogens with one attached hydrogen (secondary N) is 1. The van der Waals surface area contributed by atoms with Crippen LogP contribution in [-0.2, 0) is 24.2 Å². The normalized spacial score (nSPS) is 16.6. The molecule has 4 rings (SSSR count).